The number of amides is 1. The van der Waals surface area contributed by atoms with Crippen molar-refractivity contribution in [3.05, 3.63) is 53.5 Å². The van der Waals surface area contributed by atoms with Crippen molar-refractivity contribution in [3.8, 4) is 0 Å². The van der Waals surface area contributed by atoms with Crippen molar-refractivity contribution in [3.63, 3.8) is 0 Å². The van der Waals surface area contributed by atoms with Crippen LogP contribution < -0.4 is 5.32 Å². The lowest BCUT2D eigenvalue weighted by Gasteiger charge is -2.29. The first-order valence-electron chi connectivity index (χ1n) is 6.90. The summed E-state index contributed by atoms with van der Waals surface area (Å²) in [7, 11) is 0. The average molecular weight is 297 g/mol. The Morgan fingerprint density at radius 2 is 2.09 bits per heavy atom. The third-order valence-corrected chi connectivity index (χ3v) is 4.44. The third kappa shape index (κ3) is 1.95. The second-order valence-electron chi connectivity index (χ2n) is 5.56. The molecule has 6 heteroatoms. The molecule has 2 atom stereocenters. The molecule has 2 aromatic rings. The van der Waals surface area contributed by atoms with E-state index in [0.29, 0.717) is 5.82 Å². The van der Waals surface area contributed by atoms with Gasteiger partial charge in [0.2, 0.25) is 5.91 Å². The summed E-state index contributed by atoms with van der Waals surface area (Å²) in [6, 6.07) is 6.84. The van der Waals surface area contributed by atoms with E-state index in [9.17, 15) is 9.59 Å². The first-order valence-corrected chi connectivity index (χ1v) is 6.90. The van der Waals surface area contributed by atoms with Gasteiger partial charge < -0.3 is 10.4 Å². The number of carbonyl (C=O) groups is 2. The SMILES string of the molecule is CC(c1ccc(C(=O)O)nc1)[C@@]1(C)C(=O)Nc2ncccc21. The molecule has 1 aliphatic heterocycles. The summed E-state index contributed by atoms with van der Waals surface area (Å²) in [5, 5.41) is 11.7. The number of hydrogen-bond acceptors (Lipinski definition) is 4. The molecule has 0 bridgehead atoms. The van der Waals surface area contributed by atoms with Gasteiger partial charge in [-0.2, -0.15) is 0 Å². The summed E-state index contributed by atoms with van der Waals surface area (Å²) in [4.78, 5) is 31.5. The molecule has 3 rings (SSSR count). The van der Waals surface area contributed by atoms with E-state index < -0.39 is 11.4 Å². The maximum absolute atomic E-state index is 12.5. The van der Waals surface area contributed by atoms with Gasteiger partial charge in [0.1, 0.15) is 11.5 Å². The van der Waals surface area contributed by atoms with Crippen LogP contribution in [0.2, 0.25) is 0 Å². The van der Waals surface area contributed by atoms with E-state index in [2.05, 4.69) is 15.3 Å². The second kappa shape index (κ2) is 4.91. The van der Waals surface area contributed by atoms with Crippen molar-refractivity contribution >= 4 is 17.7 Å². The zero-order chi connectivity index (χ0) is 15.9. The van der Waals surface area contributed by atoms with Crippen LogP contribution in [0.3, 0.4) is 0 Å². The molecule has 0 radical (unpaired) electrons. The van der Waals surface area contributed by atoms with Crippen molar-refractivity contribution in [2.24, 2.45) is 0 Å². The molecule has 2 N–H and O–H groups in total. The Morgan fingerprint density at radius 3 is 2.73 bits per heavy atom. The van der Waals surface area contributed by atoms with Crippen molar-refractivity contribution < 1.29 is 14.7 Å². The molecule has 6 nitrogen and oxygen atoms in total. The highest BCUT2D eigenvalue weighted by Crippen LogP contribution is 2.45. The van der Waals surface area contributed by atoms with Crippen molar-refractivity contribution in [1.82, 2.24) is 9.97 Å². The number of carboxylic acid groups (broad SMARTS) is 1. The predicted molar refractivity (Wildman–Crippen MR) is 79.8 cm³/mol. The summed E-state index contributed by atoms with van der Waals surface area (Å²) < 4.78 is 0. The minimum Gasteiger partial charge on any atom is -0.477 e. The van der Waals surface area contributed by atoms with Crippen LogP contribution in [-0.4, -0.2) is 27.0 Å². The molecule has 0 aliphatic carbocycles. The normalized spacial score (nSPS) is 21.1. The van der Waals surface area contributed by atoms with Crippen LogP contribution in [-0.2, 0) is 10.2 Å². The molecule has 1 amide bonds. The Bertz CT molecular complexity index is 757. The van der Waals surface area contributed by atoms with Crippen molar-refractivity contribution in [2.75, 3.05) is 5.32 Å². The largest absolute Gasteiger partial charge is 0.477 e. The van der Waals surface area contributed by atoms with Crippen LogP contribution in [0.4, 0.5) is 5.82 Å². The summed E-state index contributed by atoms with van der Waals surface area (Å²) in [6.07, 6.45) is 3.15. The predicted octanol–water partition coefficient (Wildman–Crippen LogP) is 2.19. The monoisotopic (exact) mass is 297 g/mol. The summed E-state index contributed by atoms with van der Waals surface area (Å²) in [5.41, 5.74) is 0.865. The molecule has 0 spiro atoms. The van der Waals surface area contributed by atoms with Gasteiger partial charge in [0, 0.05) is 23.9 Å². The zero-order valence-corrected chi connectivity index (χ0v) is 12.2. The van der Waals surface area contributed by atoms with Crippen LogP contribution in [0.15, 0.2) is 36.7 Å². The molecule has 0 fully saturated rings. The van der Waals surface area contributed by atoms with E-state index >= 15 is 0 Å². The molecule has 22 heavy (non-hydrogen) atoms. The number of rotatable bonds is 3. The highest BCUT2D eigenvalue weighted by atomic mass is 16.4. The lowest BCUT2D eigenvalue weighted by molar-refractivity contribution is -0.120. The Hall–Kier alpha value is -2.76. The number of hydrogen-bond donors (Lipinski definition) is 2. The first kappa shape index (κ1) is 14.2. The van der Waals surface area contributed by atoms with Gasteiger partial charge in [0.05, 0.1) is 5.41 Å². The summed E-state index contributed by atoms with van der Waals surface area (Å²) in [5.74, 6) is -0.778. The highest BCUT2D eigenvalue weighted by molar-refractivity contribution is 6.05. The van der Waals surface area contributed by atoms with E-state index in [1.807, 2.05) is 19.9 Å². The Labute approximate surface area is 127 Å². The molecule has 0 saturated carbocycles. The first-order chi connectivity index (χ1) is 10.4. The summed E-state index contributed by atoms with van der Waals surface area (Å²) in [6.45, 7) is 3.80. The van der Waals surface area contributed by atoms with Crippen molar-refractivity contribution in [2.45, 2.75) is 25.2 Å². The molecule has 112 valence electrons. The minimum atomic E-state index is -1.07. The van der Waals surface area contributed by atoms with Crippen LogP contribution in [0.25, 0.3) is 0 Å². The van der Waals surface area contributed by atoms with Gasteiger partial charge in [-0.15, -0.1) is 0 Å². The topological polar surface area (TPSA) is 92.2 Å². The van der Waals surface area contributed by atoms with Crippen LogP contribution in [0, 0.1) is 0 Å². The number of carbonyl (C=O) groups excluding carboxylic acids is 1. The van der Waals surface area contributed by atoms with Gasteiger partial charge in [0.25, 0.3) is 0 Å². The molecule has 1 aliphatic rings. The summed E-state index contributed by atoms with van der Waals surface area (Å²) >= 11 is 0. The Balaban J connectivity index is 2.02. The molecular formula is C16H15N3O3. The van der Waals surface area contributed by atoms with Crippen LogP contribution in [0.5, 0.6) is 0 Å². The fourth-order valence-corrected chi connectivity index (χ4v) is 2.83. The van der Waals surface area contributed by atoms with E-state index in [1.165, 1.54) is 12.3 Å². The lowest BCUT2D eigenvalue weighted by Crippen LogP contribution is -2.36. The van der Waals surface area contributed by atoms with Gasteiger partial charge in [-0.25, -0.2) is 14.8 Å². The van der Waals surface area contributed by atoms with E-state index in [0.717, 1.165) is 11.1 Å². The number of aromatic nitrogens is 2. The number of nitrogens with one attached hydrogen (secondary N) is 1. The van der Waals surface area contributed by atoms with Gasteiger partial charge >= 0.3 is 5.97 Å². The Morgan fingerprint density at radius 1 is 1.32 bits per heavy atom. The number of fused-ring (bicyclic) bond motifs is 1. The minimum absolute atomic E-state index is 0.0148. The fraction of sp³-hybridized carbons (Fsp3) is 0.250. The maximum Gasteiger partial charge on any atom is 0.354 e. The number of aromatic carboxylic acids is 1. The number of nitrogens with zero attached hydrogens (tertiary/aromatic N) is 2. The number of pyridine rings is 2. The molecule has 1 unspecified atom stereocenters. The quantitative estimate of drug-likeness (QED) is 0.906. The van der Waals surface area contributed by atoms with Gasteiger partial charge in [-0.1, -0.05) is 19.1 Å². The van der Waals surface area contributed by atoms with E-state index in [-0.39, 0.29) is 17.5 Å². The van der Waals surface area contributed by atoms with Gasteiger partial charge in [0.15, 0.2) is 0 Å². The average Bonchev–Trinajstić information content (AvgIpc) is 2.79. The van der Waals surface area contributed by atoms with E-state index in [4.69, 9.17) is 5.11 Å². The van der Waals surface area contributed by atoms with Gasteiger partial charge in [-0.3, -0.25) is 4.79 Å². The van der Waals surface area contributed by atoms with E-state index in [1.54, 1.807) is 18.3 Å². The zero-order valence-electron chi connectivity index (χ0n) is 12.2. The van der Waals surface area contributed by atoms with Crippen LogP contribution in [0.1, 0.15) is 41.4 Å². The number of carboxylic acids is 1. The van der Waals surface area contributed by atoms with Gasteiger partial charge in [-0.05, 0) is 24.6 Å². The molecular weight excluding hydrogens is 282 g/mol. The molecule has 2 aromatic heterocycles. The van der Waals surface area contributed by atoms with Crippen molar-refractivity contribution in [1.29, 1.82) is 0 Å². The molecule has 0 saturated heterocycles. The number of anilines is 1. The smallest absolute Gasteiger partial charge is 0.354 e. The third-order valence-electron chi connectivity index (χ3n) is 4.44. The van der Waals surface area contributed by atoms with Crippen LogP contribution >= 0.6 is 0 Å². The highest BCUT2D eigenvalue weighted by Gasteiger charge is 2.47. The standard InChI is InChI=1S/C16H15N3O3/c1-9(10-5-6-12(14(20)21)18-8-10)16(2)11-4-3-7-17-13(11)19-15(16)22/h3-9H,1-2H3,(H,20,21)(H,17,19,22)/t9?,16-/m1/s1. The lowest BCUT2D eigenvalue weighted by atomic mass is 9.71. The second-order valence-corrected chi connectivity index (χ2v) is 5.56. The molecule has 3 heterocycles. The molecule has 0 aromatic carbocycles. The Kier molecular flexibility index (Phi) is 3.16. The maximum atomic E-state index is 12.5. The fourth-order valence-electron chi connectivity index (χ4n) is 2.83.